The predicted molar refractivity (Wildman–Crippen MR) is 66.5 cm³/mol. The lowest BCUT2D eigenvalue weighted by Crippen LogP contribution is -2.35. The predicted octanol–water partition coefficient (Wildman–Crippen LogP) is 4.24. The second kappa shape index (κ2) is 6.27. The standard InChI is InChI=1S/C14H26O2/c1-3-4-5-6-9-14(13(15)16)10-7-8-12(2)11-14/h12H,3-11H2,1-2H3,(H,15,16). The van der Waals surface area contributed by atoms with Gasteiger partial charge in [-0.1, -0.05) is 52.4 Å². The second-order valence-electron chi connectivity index (χ2n) is 5.60. The lowest BCUT2D eigenvalue weighted by Gasteiger charge is -2.36. The lowest BCUT2D eigenvalue weighted by molar-refractivity contribution is -0.152. The van der Waals surface area contributed by atoms with Crippen LogP contribution >= 0.6 is 0 Å². The number of carboxylic acid groups (broad SMARTS) is 1. The summed E-state index contributed by atoms with van der Waals surface area (Å²) in [6.07, 6.45) is 9.75. The highest BCUT2D eigenvalue weighted by Crippen LogP contribution is 2.43. The maximum absolute atomic E-state index is 11.5. The Bertz CT molecular complexity index is 225. The summed E-state index contributed by atoms with van der Waals surface area (Å²) >= 11 is 0. The van der Waals surface area contributed by atoms with Crippen molar-refractivity contribution < 1.29 is 9.90 Å². The zero-order valence-electron chi connectivity index (χ0n) is 10.8. The van der Waals surface area contributed by atoms with Crippen LogP contribution in [-0.4, -0.2) is 11.1 Å². The fourth-order valence-electron chi connectivity index (χ4n) is 3.08. The van der Waals surface area contributed by atoms with E-state index in [9.17, 15) is 9.90 Å². The molecule has 1 aliphatic carbocycles. The Kier molecular flexibility index (Phi) is 5.30. The summed E-state index contributed by atoms with van der Waals surface area (Å²) in [5, 5.41) is 9.46. The van der Waals surface area contributed by atoms with Crippen molar-refractivity contribution in [3.63, 3.8) is 0 Å². The SMILES string of the molecule is CCCCCCC1(C(=O)O)CCCC(C)C1. The van der Waals surface area contributed by atoms with Gasteiger partial charge in [0, 0.05) is 0 Å². The second-order valence-corrected chi connectivity index (χ2v) is 5.60. The van der Waals surface area contributed by atoms with Gasteiger partial charge in [0.15, 0.2) is 0 Å². The van der Waals surface area contributed by atoms with E-state index in [2.05, 4.69) is 13.8 Å². The molecule has 0 aromatic heterocycles. The molecule has 94 valence electrons. The minimum Gasteiger partial charge on any atom is -0.481 e. The molecular weight excluding hydrogens is 200 g/mol. The molecule has 2 heteroatoms. The fourth-order valence-corrected chi connectivity index (χ4v) is 3.08. The van der Waals surface area contributed by atoms with Crippen LogP contribution in [0.25, 0.3) is 0 Å². The summed E-state index contributed by atoms with van der Waals surface area (Å²) in [6.45, 7) is 4.39. The number of rotatable bonds is 6. The minimum atomic E-state index is -0.546. The van der Waals surface area contributed by atoms with Gasteiger partial charge in [0.05, 0.1) is 5.41 Å². The summed E-state index contributed by atoms with van der Waals surface area (Å²) in [5.74, 6) is 0.0478. The van der Waals surface area contributed by atoms with Crippen LogP contribution in [-0.2, 0) is 4.79 Å². The first-order valence-corrected chi connectivity index (χ1v) is 6.84. The molecule has 0 spiro atoms. The first kappa shape index (κ1) is 13.5. The van der Waals surface area contributed by atoms with Gasteiger partial charge in [0.1, 0.15) is 0 Å². The van der Waals surface area contributed by atoms with Crippen LogP contribution in [0.15, 0.2) is 0 Å². The lowest BCUT2D eigenvalue weighted by atomic mass is 9.67. The zero-order chi connectivity index (χ0) is 12.0. The van der Waals surface area contributed by atoms with Crippen LogP contribution < -0.4 is 0 Å². The van der Waals surface area contributed by atoms with Crippen molar-refractivity contribution in [1.29, 1.82) is 0 Å². The molecule has 1 fully saturated rings. The van der Waals surface area contributed by atoms with Crippen LogP contribution in [0.3, 0.4) is 0 Å². The Morgan fingerprint density at radius 1 is 1.38 bits per heavy atom. The van der Waals surface area contributed by atoms with Crippen molar-refractivity contribution in [3.05, 3.63) is 0 Å². The van der Waals surface area contributed by atoms with E-state index in [1.165, 1.54) is 25.7 Å². The fraction of sp³-hybridized carbons (Fsp3) is 0.929. The highest BCUT2D eigenvalue weighted by Gasteiger charge is 2.40. The number of carboxylic acids is 1. The topological polar surface area (TPSA) is 37.3 Å². The van der Waals surface area contributed by atoms with Crippen molar-refractivity contribution in [2.45, 2.75) is 71.6 Å². The van der Waals surface area contributed by atoms with Gasteiger partial charge in [-0.3, -0.25) is 4.79 Å². The molecule has 0 radical (unpaired) electrons. The molecule has 2 unspecified atom stereocenters. The molecule has 0 aromatic rings. The molecule has 0 bridgehead atoms. The summed E-state index contributed by atoms with van der Waals surface area (Å²) in [4.78, 5) is 11.5. The van der Waals surface area contributed by atoms with Crippen LogP contribution in [0.5, 0.6) is 0 Å². The average Bonchev–Trinajstić information content (AvgIpc) is 2.24. The van der Waals surface area contributed by atoms with Gasteiger partial charge in [-0.15, -0.1) is 0 Å². The van der Waals surface area contributed by atoms with Crippen molar-refractivity contribution in [1.82, 2.24) is 0 Å². The third kappa shape index (κ3) is 3.50. The van der Waals surface area contributed by atoms with Crippen molar-refractivity contribution >= 4 is 5.97 Å². The van der Waals surface area contributed by atoms with Gasteiger partial charge in [0.2, 0.25) is 0 Å². The van der Waals surface area contributed by atoms with Crippen molar-refractivity contribution in [2.75, 3.05) is 0 Å². The Morgan fingerprint density at radius 3 is 2.69 bits per heavy atom. The molecule has 2 atom stereocenters. The Balaban J connectivity index is 2.48. The van der Waals surface area contributed by atoms with E-state index in [0.29, 0.717) is 5.92 Å². The van der Waals surface area contributed by atoms with Crippen molar-refractivity contribution in [2.24, 2.45) is 11.3 Å². The van der Waals surface area contributed by atoms with Crippen LogP contribution in [0.2, 0.25) is 0 Å². The van der Waals surface area contributed by atoms with Gasteiger partial charge >= 0.3 is 5.97 Å². The van der Waals surface area contributed by atoms with Gasteiger partial charge in [0.25, 0.3) is 0 Å². The van der Waals surface area contributed by atoms with Gasteiger partial charge in [-0.2, -0.15) is 0 Å². The van der Waals surface area contributed by atoms with E-state index >= 15 is 0 Å². The number of hydrogen-bond donors (Lipinski definition) is 1. The zero-order valence-corrected chi connectivity index (χ0v) is 10.8. The smallest absolute Gasteiger partial charge is 0.309 e. The molecule has 0 heterocycles. The summed E-state index contributed by atoms with van der Waals surface area (Å²) in [7, 11) is 0. The van der Waals surface area contributed by atoms with Crippen LogP contribution in [0.1, 0.15) is 71.6 Å². The maximum Gasteiger partial charge on any atom is 0.309 e. The molecule has 0 aliphatic heterocycles. The highest BCUT2D eigenvalue weighted by atomic mass is 16.4. The first-order chi connectivity index (χ1) is 7.60. The summed E-state index contributed by atoms with van der Waals surface area (Å²) < 4.78 is 0. The third-order valence-corrected chi connectivity index (χ3v) is 4.05. The molecule has 16 heavy (non-hydrogen) atoms. The average molecular weight is 226 g/mol. The summed E-state index contributed by atoms with van der Waals surface area (Å²) in [5.41, 5.74) is -0.384. The van der Waals surface area contributed by atoms with E-state index in [0.717, 1.165) is 32.1 Å². The monoisotopic (exact) mass is 226 g/mol. The molecule has 0 aromatic carbocycles. The summed E-state index contributed by atoms with van der Waals surface area (Å²) in [6, 6.07) is 0. The van der Waals surface area contributed by atoms with E-state index in [1.54, 1.807) is 0 Å². The van der Waals surface area contributed by atoms with Crippen LogP contribution in [0, 0.1) is 11.3 Å². The van der Waals surface area contributed by atoms with E-state index in [1.807, 2.05) is 0 Å². The van der Waals surface area contributed by atoms with Crippen molar-refractivity contribution in [3.8, 4) is 0 Å². The molecular formula is C14H26O2. The largest absolute Gasteiger partial charge is 0.481 e. The molecule has 1 saturated carbocycles. The Morgan fingerprint density at radius 2 is 2.12 bits per heavy atom. The highest BCUT2D eigenvalue weighted by molar-refractivity contribution is 5.74. The molecule has 1 N–H and O–H groups in total. The van der Waals surface area contributed by atoms with E-state index in [-0.39, 0.29) is 5.41 Å². The number of unbranched alkanes of at least 4 members (excludes halogenated alkanes) is 3. The van der Waals surface area contributed by atoms with Gasteiger partial charge < -0.3 is 5.11 Å². The Hall–Kier alpha value is -0.530. The molecule has 1 rings (SSSR count). The molecule has 1 aliphatic rings. The quantitative estimate of drug-likeness (QED) is 0.688. The van der Waals surface area contributed by atoms with E-state index in [4.69, 9.17) is 0 Å². The number of carbonyl (C=O) groups is 1. The first-order valence-electron chi connectivity index (χ1n) is 6.84. The maximum atomic E-state index is 11.5. The number of hydrogen-bond acceptors (Lipinski definition) is 1. The minimum absolute atomic E-state index is 0.384. The molecule has 0 amide bonds. The van der Waals surface area contributed by atoms with Crippen LogP contribution in [0.4, 0.5) is 0 Å². The molecule has 0 saturated heterocycles. The van der Waals surface area contributed by atoms with Gasteiger partial charge in [-0.25, -0.2) is 0 Å². The molecule has 2 nitrogen and oxygen atoms in total. The van der Waals surface area contributed by atoms with Gasteiger partial charge in [-0.05, 0) is 25.2 Å². The third-order valence-electron chi connectivity index (χ3n) is 4.05. The van der Waals surface area contributed by atoms with E-state index < -0.39 is 5.97 Å². The number of aliphatic carboxylic acids is 1. The Labute approximate surface area is 99.4 Å². The normalized spacial score (nSPS) is 30.2.